The van der Waals surface area contributed by atoms with Crippen LogP contribution < -0.4 is 15.4 Å². The van der Waals surface area contributed by atoms with E-state index in [4.69, 9.17) is 9.47 Å². The Labute approximate surface area is 251 Å². The van der Waals surface area contributed by atoms with Gasteiger partial charge in [-0.1, -0.05) is 49.4 Å². The molecule has 0 spiro atoms. The molecule has 0 aromatic heterocycles. The van der Waals surface area contributed by atoms with Gasteiger partial charge < -0.3 is 35.0 Å². The summed E-state index contributed by atoms with van der Waals surface area (Å²) in [6.07, 6.45) is 0.724. The molecule has 5 rings (SSSR count). The molecule has 2 aliphatic heterocycles. The third-order valence-corrected chi connectivity index (χ3v) is 8.37. The summed E-state index contributed by atoms with van der Waals surface area (Å²) in [4.78, 5) is 43.5. The van der Waals surface area contributed by atoms with Crippen molar-refractivity contribution in [2.24, 2.45) is 11.8 Å². The SMILES string of the molecule is C[C@H](CO)N1C[C@H](C)[C@@H](CN(C)C(=O)Nc2cccc3ccccc23)Oc2c(NC(=O)C3CCOCC3)cccc2C1=O. The van der Waals surface area contributed by atoms with Gasteiger partial charge in [0.05, 0.1) is 36.1 Å². The number of rotatable bonds is 7. The summed E-state index contributed by atoms with van der Waals surface area (Å²) in [5, 5.41) is 17.9. The average Bonchev–Trinajstić information content (AvgIpc) is 3.03. The van der Waals surface area contributed by atoms with Gasteiger partial charge in [0.15, 0.2) is 5.75 Å². The molecule has 1 fully saturated rings. The lowest BCUT2D eigenvalue weighted by Crippen LogP contribution is -2.50. The molecule has 10 heteroatoms. The Morgan fingerprint density at radius 1 is 1.02 bits per heavy atom. The Hall–Kier alpha value is -4.15. The van der Waals surface area contributed by atoms with E-state index in [1.54, 1.807) is 42.0 Å². The molecule has 0 radical (unpaired) electrons. The van der Waals surface area contributed by atoms with Crippen LogP contribution in [0.4, 0.5) is 16.2 Å². The fraction of sp³-hybridized carbons (Fsp3) is 0.424. The molecule has 3 atom stereocenters. The number of urea groups is 1. The van der Waals surface area contributed by atoms with Gasteiger partial charge in [0.25, 0.3) is 5.91 Å². The van der Waals surface area contributed by atoms with E-state index in [-0.39, 0.29) is 48.6 Å². The number of hydrogen-bond acceptors (Lipinski definition) is 6. The third kappa shape index (κ3) is 6.76. The number of hydrogen-bond donors (Lipinski definition) is 3. The van der Waals surface area contributed by atoms with Gasteiger partial charge in [0.1, 0.15) is 6.10 Å². The highest BCUT2D eigenvalue weighted by Gasteiger charge is 2.35. The van der Waals surface area contributed by atoms with Crippen LogP contribution in [0.3, 0.4) is 0 Å². The summed E-state index contributed by atoms with van der Waals surface area (Å²) in [6, 6.07) is 18.0. The minimum absolute atomic E-state index is 0.147. The summed E-state index contributed by atoms with van der Waals surface area (Å²) >= 11 is 0. The Morgan fingerprint density at radius 3 is 2.49 bits per heavy atom. The van der Waals surface area contributed by atoms with Crippen molar-refractivity contribution in [2.75, 3.05) is 50.6 Å². The maximum Gasteiger partial charge on any atom is 0.321 e. The molecular formula is C33H40N4O6. The van der Waals surface area contributed by atoms with Crippen LogP contribution in [0.25, 0.3) is 10.8 Å². The summed E-state index contributed by atoms with van der Waals surface area (Å²) in [5.74, 6) is -0.573. The third-order valence-electron chi connectivity index (χ3n) is 8.37. The van der Waals surface area contributed by atoms with Gasteiger partial charge >= 0.3 is 6.03 Å². The highest BCUT2D eigenvalue weighted by Crippen LogP contribution is 2.35. The van der Waals surface area contributed by atoms with Crippen LogP contribution in [-0.2, 0) is 9.53 Å². The van der Waals surface area contributed by atoms with E-state index in [1.165, 1.54) is 0 Å². The highest BCUT2D eigenvalue weighted by atomic mass is 16.5. The highest BCUT2D eigenvalue weighted by molar-refractivity contribution is 6.03. The van der Waals surface area contributed by atoms with Crippen LogP contribution in [0.5, 0.6) is 5.75 Å². The summed E-state index contributed by atoms with van der Waals surface area (Å²) in [6.45, 7) is 5.15. The molecule has 43 heavy (non-hydrogen) atoms. The molecule has 0 saturated carbocycles. The fourth-order valence-electron chi connectivity index (χ4n) is 5.65. The zero-order chi connectivity index (χ0) is 30.5. The number of ether oxygens (including phenoxy) is 2. The minimum Gasteiger partial charge on any atom is -0.485 e. The molecule has 1 saturated heterocycles. The summed E-state index contributed by atoms with van der Waals surface area (Å²) in [5.41, 5.74) is 1.41. The zero-order valence-corrected chi connectivity index (χ0v) is 24.9. The predicted molar refractivity (Wildman–Crippen MR) is 165 cm³/mol. The zero-order valence-electron chi connectivity index (χ0n) is 24.9. The molecule has 3 N–H and O–H groups in total. The van der Waals surface area contributed by atoms with Crippen molar-refractivity contribution in [1.29, 1.82) is 0 Å². The van der Waals surface area contributed by atoms with Crippen molar-refractivity contribution >= 4 is 40.0 Å². The first-order chi connectivity index (χ1) is 20.8. The number of carbonyl (C=O) groups excluding carboxylic acids is 3. The Balaban J connectivity index is 1.42. The van der Waals surface area contributed by atoms with Crippen LogP contribution >= 0.6 is 0 Å². The van der Waals surface area contributed by atoms with E-state index in [9.17, 15) is 19.5 Å². The van der Waals surface area contributed by atoms with Crippen molar-refractivity contribution in [3.63, 3.8) is 0 Å². The Bertz CT molecular complexity index is 1470. The van der Waals surface area contributed by atoms with Crippen molar-refractivity contribution in [1.82, 2.24) is 9.80 Å². The number of nitrogens with one attached hydrogen (secondary N) is 2. The number of aliphatic hydroxyl groups is 1. The standard InChI is InChI=1S/C33H40N4O6/c1-21-18-37(22(2)20-38)32(40)26-11-7-13-28(34-31(39)24-14-16-42-17-15-24)30(26)43-29(21)19-36(3)33(41)35-27-12-6-9-23-8-4-5-10-25(23)27/h4-13,21-22,24,29,38H,14-20H2,1-3H3,(H,34,39)(H,35,41)/t21-,22+,29+/m0/s1. The van der Waals surface area contributed by atoms with Crippen LogP contribution in [-0.4, -0.2) is 84.9 Å². The van der Waals surface area contributed by atoms with Crippen molar-refractivity contribution in [2.45, 2.75) is 38.8 Å². The van der Waals surface area contributed by atoms with Gasteiger partial charge in [0, 0.05) is 44.0 Å². The smallest absolute Gasteiger partial charge is 0.321 e. The maximum atomic E-state index is 13.8. The van der Waals surface area contributed by atoms with Gasteiger partial charge in [-0.15, -0.1) is 0 Å². The Kier molecular flexibility index (Phi) is 9.47. The topological polar surface area (TPSA) is 120 Å². The van der Waals surface area contributed by atoms with Crippen molar-refractivity contribution in [3.8, 4) is 5.75 Å². The molecule has 3 aromatic carbocycles. The van der Waals surface area contributed by atoms with Crippen molar-refractivity contribution < 1.29 is 29.0 Å². The molecule has 228 valence electrons. The molecule has 0 aliphatic carbocycles. The number of aliphatic hydroxyl groups excluding tert-OH is 1. The number of amides is 4. The number of anilines is 2. The summed E-state index contributed by atoms with van der Waals surface area (Å²) in [7, 11) is 1.70. The van der Waals surface area contributed by atoms with Crippen LogP contribution in [0.1, 0.15) is 37.0 Å². The fourth-order valence-corrected chi connectivity index (χ4v) is 5.65. The van der Waals surface area contributed by atoms with E-state index in [0.717, 1.165) is 10.8 Å². The van der Waals surface area contributed by atoms with E-state index < -0.39 is 12.1 Å². The van der Waals surface area contributed by atoms with Gasteiger partial charge in [-0.2, -0.15) is 0 Å². The molecule has 2 aliphatic rings. The number of carbonyl (C=O) groups is 3. The van der Waals surface area contributed by atoms with Crippen LogP contribution in [0.15, 0.2) is 60.7 Å². The van der Waals surface area contributed by atoms with Crippen LogP contribution in [0, 0.1) is 11.8 Å². The lowest BCUT2D eigenvalue weighted by Gasteiger charge is -2.38. The van der Waals surface area contributed by atoms with E-state index in [2.05, 4.69) is 10.6 Å². The summed E-state index contributed by atoms with van der Waals surface area (Å²) < 4.78 is 12.0. The monoisotopic (exact) mass is 588 g/mol. The molecule has 10 nitrogen and oxygen atoms in total. The van der Waals surface area contributed by atoms with Gasteiger partial charge in [-0.05, 0) is 43.4 Å². The lowest BCUT2D eigenvalue weighted by molar-refractivity contribution is -0.122. The predicted octanol–water partition coefficient (Wildman–Crippen LogP) is 4.59. The first-order valence-electron chi connectivity index (χ1n) is 14.9. The number of likely N-dealkylation sites (N-methyl/N-ethyl adjacent to an activating group) is 1. The second-order valence-corrected chi connectivity index (χ2v) is 11.5. The van der Waals surface area contributed by atoms with E-state index >= 15 is 0 Å². The quantitative estimate of drug-likeness (QED) is 0.372. The lowest BCUT2D eigenvalue weighted by atomic mass is 9.98. The first kappa shape index (κ1) is 30.3. The molecular weight excluding hydrogens is 548 g/mol. The molecule has 3 aromatic rings. The van der Waals surface area contributed by atoms with Crippen molar-refractivity contribution in [3.05, 3.63) is 66.2 Å². The maximum absolute atomic E-state index is 13.8. The van der Waals surface area contributed by atoms with Gasteiger partial charge in [-0.25, -0.2) is 4.79 Å². The number of nitrogens with zero attached hydrogens (tertiary/aromatic N) is 2. The minimum atomic E-state index is -0.523. The molecule has 0 unspecified atom stereocenters. The normalized spacial score (nSPS) is 19.9. The number of fused-ring (bicyclic) bond motifs is 2. The first-order valence-corrected chi connectivity index (χ1v) is 14.9. The second kappa shape index (κ2) is 13.4. The number of benzene rings is 3. The van der Waals surface area contributed by atoms with E-state index in [0.29, 0.717) is 49.5 Å². The number of para-hydroxylation sites is 1. The second-order valence-electron chi connectivity index (χ2n) is 11.5. The molecule has 2 heterocycles. The largest absolute Gasteiger partial charge is 0.485 e. The van der Waals surface area contributed by atoms with Crippen LogP contribution in [0.2, 0.25) is 0 Å². The van der Waals surface area contributed by atoms with Gasteiger partial charge in [-0.3, -0.25) is 9.59 Å². The Morgan fingerprint density at radius 2 is 1.72 bits per heavy atom. The molecule has 0 bridgehead atoms. The van der Waals surface area contributed by atoms with Gasteiger partial charge in [0.2, 0.25) is 5.91 Å². The van der Waals surface area contributed by atoms with E-state index in [1.807, 2.05) is 49.4 Å². The average molecular weight is 589 g/mol. The molecule has 4 amide bonds.